The van der Waals surface area contributed by atoms with E-state index >= 15 is 0 Å². The van der Waals surface area contributed by atoms with Crippen molar-refractivity contribution in [3.8, 4) is 5.75 Å². The van der Waals surface area contributed by atoms with E-state index in [-0.39, 0.29) is 5.91 Å². The molecular formula is C27H33ClN2O3. The number of carbonyl (C=O) groups excluding carboxylic acids is 1. The lowest BCUT2D eigenvalue weighted by Gasteiger charge is -2.24. The lowest BCUT2D eigenvalue weighted by Crippen LogP contribution is -2.33. The summed E-state index contributed by atoms with van der Waals surface area (Å²) in [6.45, 7) is 5.21. The summed E-state index contributed by atoms with van der Waals surface area (Å²) >= 11 is 6.36. The first kappa shape index (κ1) is 24.9. The van der Waals surface area contributed by atoms with Crippen LogP contribution in [0, 0.1) is 0 Å². The van der Waals surface area contributed by atoms with Gasteiger partial charge >= 0.3 is 0 Å². The van der Waals surface area contributed by atoms with Gasteiger partial charge in [-0.2, -0.15) is 0 Å². The molecule has 6 heteroatoms. The highest BCUT2D eigenvalue weighted by Gasteiger charge is 2.18. The number of aromatic nitrogens is 1. The maximum atomic E-state index is 13.4. The highest BCUT2D eigenvalue weighted by molar-refractivity contribution is 6.31. The molecule has 0 aliphatic rings. The zero-order valence-corrected chi connectivity index (χ0v) is 20.3. The largest absolute Gasteiger partial charge is 0.494 e. The minimum Gasteiger partial charge on any atom is -0.494 e. The van der Waals surface area contributed by atoms with Crippen molar-refractivity contribution >= 4 is 17.5 Å². The summed E-state index contributed by atoms with van der Waals surface area (Å²) in [5.74, 6) is 0.788. The molecule has 1 amide bonds. The van der Waals surface area contributed by atoms with Gasteiger partial charge in [0, 0.05) is 49.3 Å². The molecule has 0 atom stereocenters. The number of benzene rings is 2. The molecule has 0 unspecified atom stereocenters. The standard InChI is InChI=1S/C27H33ClN2O3/c1-3-4-19-33-25-14-12-22(13-15-25)27(31)30(17-8-18-32-2)21-24-10-7-16-29(24)20-23-9-5-6-11-26(23)28/h5-7,9-16H,3-4,8,17-21H2,1-2H3. The van der Waals surface area contributed by atoms with Gasteiger partial charge in [0.2, 0.25) is 0 Å². The highest BCUT2D eigenvalue weighted by atomic mass is 35.5. The fourth-order valence-corrected chi connectivity index (χ4v) is 3.81. The molecule has 0 fully saturated rings. The third-order valence-electron chi connectivity index (χ3n) is 5.51. The van der Waals surface area contributed by atoms with E-state index in [1.807, 2.05) is 65.7 Å². The van der Waals surface area contributed by atoms with Gasteiger partial charge in [0.25, 0.3) is 5.91 Å². The van der Waals surface area contributed by atoms with Crippen molar-refractivity contribution in [3.05, 3.63) is 88.7 Å². The number of hydrogen-bond acceptors (Lipinski definition) is 3. The van der Waals surface area contributed by atoms with E-state index in [0.717, 1.165) is 41.3 Å². The van der Waals surface area contributed by atoms with E-state index in [4.69, 9.17) is 21.1 Å². The Labute approximate surface area is 201 Å². The van der Waals surface area contributed by atoms with Gasteiger partial charge in [0.15, 0.2) is 0 Å². The number of nitrogens with zero attached hydrogens (tertiary/aromatic N) is 2. The number of methoxy groups -OCH3 is 1. The van der Waals surface area contributed by atoms with E-state index in [1.54, 1.807) is 7.11 Å². The zero-order chi connectivity index (χ0) is 23.5. The van der Waals surface area contributed by atoms with Crippen molar-refractivity contribution in [2.24, 2.45) is 0 Å². The third-order valence-corrected chi connectivity index (χ3v) is 5.88. The number of rotatable bonds is 13. The number of hydrogen-bond donors (Lipinski definition) is 0. The molecule has 0 bridgehead atoms. The van der Waals surface area contributed by atoms with Gasteiger partial charge in [-0.1, -0.05) is 43.1 Å². The van der Waals surface area contributed by atoms with Gasteiger partial charge in [-0.05, 0) is 60.9 Å². The molecule has 33 heavy (non-hydrogen) atoms. The number of ether oxygens (including phenoxy) is 2. The molecule has 0 saturated heterocycles. The van der Waals surface area contributed by atoms with Gasteiger partial charge < -0.3 is 18.9 Å². The fourth-order valence-electron chi connectivity index (χ4n) is 3.62. The number of carbonyl (C=O) groups is 1. The lowest BCUT2D eigenvalue weighted by molar-refractivity contribution is 0.0720. The average molecular weight is 469 g/mol. The van der Waals surface area contributed by atoms with E-state index < -0.39 is 0 Å². The molecule has 0 aliphatic carbocycles. The van der Waals surface area contributed by atoms with Gasteiger partial charge in [0.05, 0.1) is 13.2 Å². The molecular weight excluding hydrogens is 436 g/mol. The molecule has 0 saturated carbocycles. The van der Waals surface area contributed by atoms with E-state index in [0.29, 0.717) is 38.4 Å². The molecule has 0 spiro atoms. The van der Waals surface area contributed by atoms with Crippen molar-refractivity contribution in [2.45, 2.75) is 39.3 Å². The summed E-state index contributed by atoms with van der Waals surface area (Å²) in [5, 5.41) is 0.742. The molecule has 3 aromatic rings. The Kier molecular flexibility index (Phi) is 9.85. The predicted octanol–water partition coefficient (Wildman–Crippen LogP) is 6.05. The Morgan fingerprint density at radius 2 is 1.79 bits per heavy atom. The minimum atomic E-state index is -0.00305. The maximum Gasteiger partial charge on any atom is 0.254 e. The van der Waals surface area contributed by atoms with Crippen molar-refractivity contribution < 1.29 is 14.3 Å². The summed E-state index contributed by atoms with van der Waals surface area (Å²) in [7, 11) is 1.68. The molecule has 5 nitrogen and oxygen atoms in total. The second-order valence-electron chi connectivity index (χ2n) is 8.02. The molecule has 0 aliphatic heterocycles. The Bertz CT molecular complexity index is 1000. The maximum absolute atomic E-state index is 13.4. The first-order valence-electron chi connectivity index (χ1n) is 11.5. The molecule has 2 aromatic carbocycles. The predicted molar refractivity (Wildman–Crippen MR) is 133 cm³/mol. The van der Waals surface area contributed by atoms with Gasteiger partial charge in [-0.3, -0.25) is 4.79 Å². The summed E-state index contributed by atoms with van der Waals surface area (Å²) in [4.78, 5) is 15.3. The topological polar surface area (TPSA) is 43.7 Å². The normalized spacial score (nSPS) is 10.9. The second-order valence-corrected chi connectivity index (χ2v) is 8.43. The Morgan fingerprint density at radius 1 is 1.00 bits per heavy atom. The Morgan fingerprint density at radius 3 is 2.52 bits per heavy atom. The molecule has 1 aromatic heterocycles. The fraction of sp³-hybridized carbons (Fsp3) is 0.370. The van der Waals surface area contributed by atoms with Crippen LogP contribution in [0.1, 0.15) is 47.8 Å². The van der Waals surface area contributed by atoms with Crippen LogP contribution in [0.25, 0.3) is 0 Å². The number of amides is 1. The quantitative estimate of drug-likeness (QED) is 0.287. The third kappa shape index (κ3) is 7.37. The molecule has 176 valence electrons. The number of halogens is 1. The van der Waals surface area contributed by atoms with Crippen molar-refractivity contribution in [2.75, 3.05) is 26.9 Å². The first-order chi connectivity index (χ1) is 16.1. The Hall–Kier alpha value is -2.76. The van der Waals surface area contributed by atoms with Crippen LogP contribution in [0.4, 0.5) is 0 Å². The highest BCUT2D eigenvalue weighted by Crippen LogP contribution is 2.20. The summed E-state index contributed by atoms with van der Waals surface area (Å²) < 4.78 is 13.1. The van der Waals surface area contributed by atoms with Crippen LogP contribution in [0.2, 0.25) is 5.02 Å². The summed E-state index contributed by atoms with van der Waals surface area (Å²) in [6.07, 6.45) is 4.90. The lowest BCUT2D eigenvalue weighted by atomic mass is 10.1. The molecule has 3 rings (SSSR count). The van der Waals surface area contributed by atoms with Crippen molar-refractivity contribution in [3.63, 3.8) is 0 Å². The van der Waals surface area contributed by atoms with Crippen LogP contribution in [-0.2, 0) is 17.8 Å². The van der Waals surface area contributed by atoms with Crippen LogP contribution in [0.3, 0.4) is 0 Å². The van der Waals surface area contributed by atoms with Crippen molar-refractivity contribution in [1.82, 2.24) is 9.47 Å². The summed E-state index contributed by atoms with van der Waals surface area (Å²) in [5.41, 5.74) is 2.76. The first-order valence-corrected chi connectivity index (χ1v) is 11.9. The zero-order valence-electron chi connectivity index (χ0n) is 19.5. The Balaban J connectivity index is 1.73. The van der Waals surface area contributed by atoms with E-state index in [2.05, 4.69) is 17.6 Å². The van der Waals surface area contributed by atoms with Gasteiger partial charge in [0.1, 0.15) is 5.75 Å². The second kappa shape index (κ2) is 13.1. The SMILES string of the molecule is CCCCOc1ccc(C(=O)N(CCCOC)Cc2cccn2Cc2ccccc2Cl)cc1. The van der Waals surface area contributed by atoms with Crippen LogP contribution < -0.4 is 4.74 Å². The number of unbranched alkanes of at least 4 members (excludes halogenated alkanes) is 1. The average Bonchev–Trinajstić information content (AvgIpc) is 3.27. The van der Waals surface area contributed by atoms with Crippen LogP contribution >= 0.6 is 11.6 Å². The van der Waals surface area contributed by atoms with Gasteiger partial charge in [-0.15, -0.1) is 0 Å². The van der Waals surface area contributed by atoms with E-state index in [9.17, 15) is 4.79 Å². The van der Waals surface area contributed by atoms with Gasteiger partial charge in [-0.25, -0.2) is 0 Å². The minimum absolute atomic E-state index is 0.00305. The van der Waals surface area contributed by atoms with Crippen LogP contribution in [0.5, 0.6) is 5.75 Å². The monoisotopic (exact) mass is 468 g/mol. The molecule has 0 N–H and O–H groups in total. The van der Waals surface area contributed by atoms with Crippen molar-refractivity contribution in [1.29, 1.82) is 0 Å². The van der Waals surface area contributed by atoms with E-state index in [1.165, 1.54) is 0 Å². The summed E-state index contributed by atoms with van der Waals surface area (Å²) in [6, 6.07) is 19.3. The van der Waals surface area contributed by atoms with Crippen LogP contribution in [0.15, 0.2) is 66.9 Å². The molecule has 1 heterocycles. The smallest absolute Gasteiger partial charge is 0.254 e. The van der Waals surface area contributed by atoms with Crippen LogP contribution in [-0.4, -0.2) is 42.2 Å². The molecule has 0 radical (unpaired) electrons.